The van der Waals surface area contributed by atoms with Gasteiger partial charge in [-0.05, 0) is 12.1 Å². The molecular formula is C17H19Cl2NO3S. The van der Waals surface area contributed by atoms with Crippen LogP contribution in [0.15, 0.2) is 29.3 Å². The van der Waals surface area contributed by atoms with Gasteiger partial charge in [0.15, 0.2) is 11.5 Å². The van der Waals surface area contributed by atoms with E-state index in [1.807, 2.05) is 20.8 Å². The molecule has 0 atom stereocenters. The van der Waals surface area contributed by atoms with E-state index in [4.69, 9.17) is 27.9 Å². The number of rotatable bonds is 5. The molecule has 0 N–H and O–H groups in total. The summed E-state index contributed by atoms with van der Waals surface area (Å²) in [4.78, 5) is 25.8. The molecular weight excluding hydrogens is 369 g/mol. The molecule has 130 valence electrons. The van der Waals surface area contributed by atoms with Crippen molar-refractivity contribution >= 4 is 46.7 Å². The number of nitrogens with zero attached hydrogens (tertiary/aromatic N) is 1. The molecule has 2 rings (SSSR count). The van der Waals surface area contributed by atoms with Crippen LogP contribution in [0.5, 0.6) is 5.75 Å². The second-order valence-electron chi connectivity index (χ2n) is 6.33. The Morgan fingerprint density at radius 2 is 1.96 bits per heavy atom. The third kappa shape index (κ3) is 4.68. The van der Waals surface area contributed by atoms with Gasteiger partial charge in [0.05, 0.1) is 27.4 Å². The van der Waals surface area contributed by atoms with Gasteiger partial charge >= 0.3 is 0 Å². The maximum absolute atomic E-state index is 12.2. The minimum Gasteiger partial charge on any atom is -0.489 e. The number of halogens is 2. The lowest BCUT2D eigenvalue weighted by molar-refractivity contribution is -0.125. The Hall–Kier alpha value is -1.17. The van der Waals surface area contributed by atoms with Gasteiger partial charge in [-0.2, -0.15) is 0 Å². The summed E-state index contributed by atoms with van der Waals surface area (Å²) in [5.41, 5.74) is -0.480. The second-order valence-corrected chi connectivity index (χ2v) is 8.14. The van der Waals surface area contributed by atoms with E-state index in [1.54, 1.807) is 23.1 Å². The molecule has 1 aliphatic rings. The Labute approximate surface area is 156 Å². The van der Waals surface area contributed by atoms with Crippen molar-refractivity contribution in [3.05, 3.63) is 39.3 Å². The molecule has 0 aliphatic carbocycles. The van der Waals surface area contributed by atoms with Gasteiger partial charge in [-0.1, -0.05) is 61.8 Å². The molecule has 1 aromatic carbocycles. The largest absolute Gasteiger partial charge is 0.489 e. The fourth-order valence-corrected chi connectivity index (χ4v) is 3.43. The number of hydrogen-bond donors (Lipinski definition) is 0. The van der Waals surface area contributed by atoms with Crippen LogP contribution in [0.4, 0.5) is 0 Å². The van der Waals surface area contributed by atoms with Crippen molar-refractivity contribution in [3.8, 4) is 5.75 Å². The SMILES string of the molecule is CC(C)(C)C(=O)C=C1SCC(=O)N1CCOc1c(Cl)cccc1Cl. The molecule has 1 aromatic rings. The topological polar surface area (TPSA) is 46.6 Å². The minimum atomic E-state index is -0.480. The van der Waals surface area contributed by atoms with E-state index < -0.39 is 5.41 Å². The molecule has 0 unspecified atom stereocenters. The molecule has 0 radical (unpaired) electrons. The lowest BCUT2D eigenvalue weighted by Crippen LogP contribution is -2.30. The summed E-state index contributed by atoms with van der Waals surface area (Å²) in [5, 5.41) is 1.50. The summed E-state index contributed by atoms with van der Waals surface area (Å²) in [6, 6.07) is 5.11. The molecule has 4 nitrogen and oxygen atoms in total. The highest BCUT2D eigenvalue weighted by molar-refractivity contribution is 8.04. The van der Waals surface area contributed by atoms with E-state index in [-0.39, 0.29) is 18.3 Å². The Balaban J connectivity index is 2.03. The molecule has 1 aliphatic heterocycles. The van der Waals surface area contributed by atoms with E-state index in [0.29, 0.717) is 33.1 Å². The summed E-state index contributed by atoms with van der Waals surface area (Å²) >= 11 is 13.5. The third-order valence-electron chi connectivity index (χ3n) is 3.38. The zero-order valence-corrected chi connectivity index (χ0v) is 16.1. The van der Waals surface area contributed by atoms with Crippen molar-refractivity contribution < 1.29 is 14.3 Å². The molecule has 24 heavy (non-hydrogen) atoms. The highest BCUT2D eigenvalue weighted by Gasteiger charge is 2.29. The Morgan fingerprint density at radius 3 is 2.54 bits per heavy atom. The van der Waals surface area contributed by atoms with Crippen LogP contribution >= 0.6 is 35.0 Å². The number of ether oxygens (including phenoxy) is 1. The zero-order valence-electron chi connectivity index (χ0n) is 13.8. The van der Waals surface area contributed by atoms with Gasteiger partial charge in [0.1, 0.15) is 6.61 Å². The number of para-hydroxylation sites is 1. The Bertz CT molecular complexity index is 663. The van der Waals surface area contributed by atoms with Crippen LogP contribution in [0, 0.1) is 5.41 Å². The van der Waals surface area contributed by atoms with E-state index >= 15 is 0 Å². The number of carbonyl (C=O) groups excluding carboxylic acids is 2. The Morgan fingerprint density at radius 1 is 1.33 bits per heavy atom. The summed E-state index contributed by atoms with van der Waals surface area (Å²) in [6.45, 7) is 6.11. The predicted octanol–water partition coefficient (Wildman–Crippen LogP) is 4.40. The Kier molecular flexibility index (Phi) is 6.23. The number of benzene rings is 1. The van der Waals surface area contributed by atoms with E-state index in [1.165, 1.54) is 17.8 Å². The summed E-state index contributed by atoms with van der Waals surface area (Å²) in [7, 11) is 0. The average Bonchev–Trinajstić information content (AvgIpc) is 2.82. The van der Waals surface area contributed by atoms with Crippen LogP contribution in [0.25, 0.3) is 0 Å². The fourth-order valence-electron chi connectivity index (χ4n) is 1.96. The van der Waals surface area contributed by atoms with Gasteiger partial charge in [-0.25, -0.2) is 0 Å². The highest BCUT2D eigenvalue weighted by Crippen LogP contribution is 2.33. The molecule has 1 heterocycles. The summed E-state index contributed by atoms with van der Waals surface area (Å²) in [6.07, 6.45) is 1.54. The fraction of sp³-hybridized carbons (Fsp3) is 0.412. The monoisotopic (exact) mass is 387 g/mol. The minimum absolute atomic E-state index is 0.0141. The molecule has 0 aromatic heterocycles. The van der Waals surface area contributed by atoms with Gasteiger partial charge in [-0.3, -0.25) is 9.59 Å². The number of thioether (sulfide) groups is 1. The average molecular weight is 388 g/mol. The lowest BCUT2D eigenvalue weighted by atomic mass is 9.91. The van der Waals surface area contributed by atoms with Gasteiger partial charge in [0.25, 0.3) is 0 Å². The van der Waals surface area contributed by atoms with E-state index in [9.17, 15) is 9.59 Å². The van der Waals surface area contributed by atoms with E-state index in [0.717, 1.165) is 0 Å². The van der Waals surface area contributed by atoms with Crippen LogP contribution in [0.2, 0.25) is 10.0 Å². The molecule has 1 fully saturated rings. The van der Waals surface area contributed by atoms with Gasteiger partial charge in [-0.15, -0.1) is 0 Å². The van der Waals surface area contributed by atoms with Crippen LogP contribution in [-0.4, -0.2) is 35.5 Å². The van der Waals surface area contributed by atoms with Crippen molar-refractivity contribution in [2.45, 2.75) is 20.8 Å². The van der Waals surface area contributed by atoms with Crippen molar-refractivity contribution in [2.24, 2.45) is 5.41 Å². The number of hydrogen-bond acceptors (Lipinski definition) is 4. The van der Waals surface area contributed by atoms with Crippen LogP contribution in [-0.2, 0) is 9.59 Å². The first-order chi connectivity index (χ1) is 11.2. The molecule has 7 heteroatoms. The van der Waals surface area contributed by atoms with Gasteiger partial charge in [0, 0.05) is 11.5 Å². The smallest absolute Gasteiger partial charge is 0.237 e. The number of ketones is 1. The quantitative estimate of drug-likeness (QED) is 0.702. The van der Waals surface area contributed by atoms with E-state index in [2.05, 4.69) is 0 Å². The van der Waals surface area contributed by atoms with Crippen molar-refractivity contribution in [3.63, 3.8) is 0 Å². The van der Waals surface area contributed by atoms with Gasteiger partial charge < -0.3 is 9.64 Å². The highest BCUT2D eigenvalue weighted by atomic mass is 35.5. The lowest BCUT2D eigenvalue weighted by Gasteiger charge is -2.20. The first-order valence-corrected chi connectivity index (χ1v) is 9.20. The maximum Gasteiger partial charge on any atom is 0.237 e. The molecule has 0 saturated carbocycles. The predicted molar refractivity (Wildman–Crippen MR) is 98.7 cm³/mol. The first kappa shape index (κ1) is 19.2. The normalized spacial score (nSPS) is 16.8. The van der Waals surface area contributed by atoms with Crippen LogP contribution in [0.1, 0.15) is 20.8 Å². The summed E-state index contributed by atoms with van der Waals surface area (Å²) < 4.78 is 5.62. The zero-order chi connectivity index (χ0) is 17.9. The van der Waals surface area contributed by atoms with Crippen molar-refractivity contribution in [1.29, 1.82) is 0 Å². The summed E-state index contributed by atoms with van der Waals surface area (Å²) in [5.74, 6) is 0.675. The number of allylic oxidation sites excluding steroid dienone is 1. The second kappa shape index (κ2) is 7.81. The van der Waals surface area contributed by atoms with Crippen LogP contribution in [0.3, 0.4) is 0 Å². The van der Waals surface area contributed by atoms with Crippen LogP contribution < -0.4 is 4.74 Å². The molecule has 1 saturated heterocycles. The van der Waals surface area contributed by atoms with Gasteiger partial charge in [0.2, 0.25) is 5.91 Å². The number of amides is 1. The molecule has 0 spiro atoms. The molecule has 0 bridgehead atoms. The molecule has 1 amide bonds. The standard InChI is InChI=1S/C17H19Cl2NO3S/c1-17(2,3)13(21)9-15-20(14(22)10-24-15)7-8-23-16-11(18)5-4-6-12(16)19/h4-6,9H,7-8,10H2,1-3H3. The first-order valence-electron chi connectivity index (χ1n) is 7.46. The van der Waals surface area contributed by atoms with Crippen molar-refractivity contribution in [2.75, 3.05) is 18.9 Å². The number of carbonyl (C=O) groups is 2. The third-order valence-corrected chi connectivity index (χ3v) is 5.01. The maximum atomic E-state index is 12.2. The van der Waals surface area contributed by atoms with Crippen molar-refractivity contribution in [1.82, 2.24) is 4.90 Å².